The van der Waals surface area contributed by atoms with Gasteiger partial charge in [0.1, 0.15) is 5.52 Å². The highest BCUT2D eigenvalue weighted by molar-refractivity contribution is 6.27. The van der Waals surface area contributed by atoms with Gasteiger partial charge in [-0.3, -0.25) is 0 Å². The number of nitrogens with zero attached hydrogens (tertiary/aromatic N) is 2. The van der Waals surface area contributed by atoms with Crippen molar-refractivity contribution in [3.63, 3.8) is 0 Å². The summed E-state index contributed by atoms with van der Waals surface area (Å²) < 4.78 is 6.66. The molecule has 11 rings (SSSR count). The number of benzene rings is 10. The molecule has 56 heavy (non-hydrogen) atoms. The summed E-state index contributed by atoms with van der Waals surface area (Å²) in [6.45, 7) is 0. The molecule has 0 radical (unpaired) electrons. The van der Waals surface area contributed by atoms with Crippen molar-refractivity contribution in [2.75, 3.05) is 4.90 Å². The molecule has 0 amide bonds. The Balaban J connectivity index is 1.17. The van der Waals surface area contributed by atoms with Crippen LogP contribution >= 0.6 is 0 Å². The van der Waals surface area contributed by atoms with Gasteiger partial charge in [-0.25, -0.2) is 4.98 Å². The molecule has 3 nitrogen and oxygen atoms in total. The summed E-state index contributed by atoms with van der Waals surface area (Å²) in [7, 11) is 0. The first kappa shape index (κ1) is 32.0. The fraction of sp³-hybridized carbons (Fsp3) is 0. The van der Waals surface area contributed by atoms with E-state index in [1.165, 1.54) is 27.5 Å². The molecule has 0 unspecified atom stereocenters. The maximum Gasteiger partial charge on any atom is 0.227 e. The topological polar surface area (TPSA) is 29.3 Å². The molecule has 1 heterocycles. The van der Waals surface area contributed by atoms with E-state index in [-0.39, 0.29) is 0 Å². The zero-order valence-corrected chi connectivity index (χ0v) is 30.4. The number of aromatic nitrogens is 1. The number of oxazole rings is 1. The lowest BCUT2D eigenvalue weighted by atomic mass is 9.94. The summed E-state index contributed by atoms with van der Waals surface area (Å²) in [6, 6.07) is 73.6. The lowest BCUT2D eigenvalue weighted by Gasteiger charge is -2.28. The van der Waals surface area contributed by atoms with Crippen LogP contribution < -0.4 is 4.90 Å². The van der Waals surface area contributed by atoms with Crippen LogP contribution in [-0.2, 0) is 0 Å². The van der Waals surface area contributed by atoms with Gasteiger partial charge in [-0.15, -0.1) is 0 Å². The molecule has 0 saturated carbocycles. The molecule has 0 N–H and O–H groups in total. The summed E-state index contributed by atoms with van der Waals surface area (Å²) in [5.74, 6) is 0.626. The van der Waals surface area contributed by atoms with Crippen molar-refractivity contribution in [2.24, 2.45) is 0 Å². The lowest BCUT2D eigenvalue weighted by molar-refractivity contribution is 0.623. The van der Waals surface area contributed by atoms with Crippen molar-refractivity contribution in [1.29, 1.82) is 0 Å². The fourth-order valence-electron chi connectivity index (χ4n) is 8.43. The Morgan fingerprint density at radius 2 is 0.964 bits per heavy atom. The van der Waals surface area contributed by atoms with Crippen LogP contribution in [0.15, 0.2) is 211 Å². The fourth-order valence-corrected chi connectivity index (χ4v) is 8.43. The number of hydrogen-bond acceptors (Lipinski definition) is 3. The van der Waals surface area contributed by atoms with Crippen LogP contribution in [-0.4, -0.2) is 4.98 Å². The van der Waals surface area contributed by atoms with Gasteiger partial charge in [0.25, 0.3) is 0 Å². The van der Waals surface area contributed by atoms with Gasteiger partial charge in [-0.1, -0.05) is 158 Å². The molecule has 11 aromatic rings. The third-order valence-electron chi connectivity index (χ3n) is 11.0. The largest absolute Gasteiger partial charge is 0.435 e. The van der Waals surface area contributed by atoms with E-state index in [2.05, 4.69) is 181 Å². The van der Waals surface area contributed by atoms with Gasteiger partial charge in [-0.05, 0) is 97.7 Å². The second-order valence-corrected chi connectivity index (χ2v) is 14.3. The molecule has 0 atom stereocenters. The molecule has 0 bridgehead atoms. The van der Waals surface area contributed by atoms with Gasteiger partial charge in [0.05, 0.1) is 5.69 Å². The SMILES string of the molecule is c1ccc(-c2cccc(N(c3cccc(-c4cccc5ccccc45)c3)c3cccc4c3ccc3ccc5ccc6nc(-c7ccccc7)oc6c5c34)c2)cc1. The quantitative estimate of drug-likeness (QED) is 0.161. The normalized spacial score (nSPS) is 11.6. The zero-order chi connectivity index (χ0) is 37.0. The van der Waals surface area contributed by atoms with Crippen molar-refractivity contribution in [1.82, 2.24) is 4.98 Å². The molecule has 1 aromatic heterocycles. The second-order valence-electron chi connectivity index (χ2n) is 14.3. The number of fused-ring (bicyclic) bond motifs is 8. The third kappa shape index (κ3) is 5.32. The van der Waals surface area contributed by atoms with E-state index in [0.29, 0.717) is 5.89 Å². The Morgan fingerprint density at radius 3 is 1.79 bits per heavy atom. The van der Waals surface area contributed by atoms with E-state index in [1.54, 1.807) is 0 Å². The Kier molecular flexibility index (Phi) is 7.49. The summed E-state index contributed by atoms with van der Waals surface area (Å²) in [5.41, 5.74) is 10.6. The van der Waals surface area contributed by atoms with Crippen molar-refractivity contribution in [3.8, 4) is 33.7 Å². The van der Waals surface area contributed by atoms with Crippen molar-refractivity contribution < 1.29 is 4.42 Å². The van der Waals surface area contributed by atoms with E-state index in [1.807, 2.05) is 30.3 Å². The number of hydrogen-bond donors (Lipinski definition) is 0. The monoisotopic (exact) mass is 714 g/mol. The predicted octanol–water partition coefficient (Wildman–Crippen LogP) is 14.9. The first-order valence-corrected chi connectivity index (χ1v) is 19.0. The summed E-state index contributed by atoms with van der Waals surface area (Å²) >= 11 is 0. The van der Waals surface area contributed by atoms with E-state index < -0.39 is 0 Å². The minimum atomic E-state index is 0.626. The van der Waals surface area contributed by atoms with Crippen molar-refractivity contribution in [3.05, 3.63) is 206 Å². The van der Waals surface area contributed by atoms with Gasteiger partial charge >= 0.3 is 0 Å². The molecule has 262 valence electrons. The Morgan fingerprint density at radius 1 is 0.375 bits per heavy atom. The van der Waals surface area contributed by atoms with Crippen LogP contribution in [0.1, 0.15) is 0 Å². The molecule has 0 saturated heterocycles. The smallest absolute Gasteiger partial charge is 0.227 e. The Hall–Kier alpha value is -7.49. The first-order valence-electron chi connectivity index (χ1n) is 19.0. The van der Waals surface area contributed by atoms with Gasteiger partial charge < -0.3 is 9.32 Å². The van der Waals surface area contributed by atoms with Crippen LogP contribution in [0.2, 0.25) is 0 Å². The standard InChI is InChI=1S/C53H34N2O/c1-3-13-35(14-4-1)40-19-9-21-42(33-40)55(43-22-10-20-41(34-43)45-24-11-18-36-15-7-8-23-44(36)45)49-26-12-25-47-46(49)31-29-37-27-28-38-30-32-48-52(51(38)50(37)47)56-53(54-48)39-16-5-2-6-17-39/h1-34H. The van der Waals surface area contributed by atoms with Crippen LogP contribution in [0, 0.1) is 0 Å². The molecular formula is C53H34N2O. The molecule has 0 aliphatic rings. The van der Waals surface area contributed by atoms with Gasteiger partial charge in [0.2, 0.25) is 5.89 Å². The number of rotatable bonds is 6. The van der Waals surface area contributed by atoms with Crippen molar-refractivity contribution >= 4 is 71.3 Å². The molecule has 0 spiro atoms. The summed E-state index contributed by atoms with van der Waals surface area (Å²) in [5, 5.41) is 9.28. The van der Waals surface area contributed by atoms with Gasteiger partial charge in [0, 0.05) is 33.1 Å². The van der Waals surface area contributed by atoms with Crippen LogP contribution in [0.4, 0.5) is 17.1 Å². The second kappa shape index (κ2) is 13.1. The molecular weight excluding hydrogens is 681 g/mol. The van der Waals surface area contributed by atoms with Gasteiger partial charge in [0.15, 0.2) is 5.58 Å². The molecule has 0 aliphatic carbocycles. The first-order chi connectivity index (χ1) is 27.8. The number of anilines is 3. The highest BCUT2D eigenvalue weighted by Gasteiger charge is 2.20. The molecule has 0 fully saturated rings. The average molecular weight is 715 g/mol. The molecule has 10 aromatic carbocycles. The zero-order valence-electron chi connectivity index (χ0n) is 30.4. The van der Waals surface area contributed by atoms with E-state index in [0.717, 1.165) is 71.6 Å². The highest BCUT2D eigenvalue weighted by atomic mass is 16.3. The molecule has 3 heteroatoms. The Labute approximate surface area is 324 Å². The van der Waals surface area contributed by atoms with Gasteiger partial charge in [-0.2, -0.15) is 0 Å². The maximum atomic E-state index is 6.66. The highest BCUT2D eigenvalue weighted by Crippen LogP contribution is 2.45. The van der Waals surface area contributed by atoms with E-state index in [4.69, 9.17) is 9.40 Å². The molecule has 0 aliphatic heterocycles. The minimum absolute atomic E-state index is 0.626. The van der Waals surface area contributed by atoms with Crippen LogP contribution in [0.3, 0.4) is 0 Å². The summed E-state index contributed by atoms with van der Waals surface area (Å²) in [4.78, 5) is 7.37. The van der Waals surface area contributed by atoms with Crippen LogP contribution in [0.25, 0.3) is 87.9 Å². The maximum absolute atomic E-state index is 6.66. The van der Waals surface area contributed by atoms with Crippen LogP contribution in [0.5, 0.6) is 0 Å². The predicted molar refractivity (Wildman–Crippen MR) is 235 cm³/mol. The van der Waals surface area contributed by atoms with Crippen molar-refractivity contribution in [2.45, 2.75) is 0 Å². The average Bonchev–Trinajstić information content (AvgIpc) is 3.72. The summed E-state index contributed by atoms with van der Waals surface area (Å²) in [6.07, 6.45) is 0. The minimum Gasteiger partial charge on any atom is -0.435 e. The Bertz CT molecular complexity index is 3250. The van der Waals surface area contributed by atoms with E-state index >= 15 is 0 Å². The third-order valence-corrected chi connectivity index (χ3v) is 11.0. The lowest BCUT2D eigenvalue weighted by Crippen LogP contribution is -2.10. The van der Waals surface area contributed by atoms with E-state index in [9.17, 15) is 0 Å².